The summed E-state index contributed by atoms with van der Waals surface area (Å²) in [5, 5.41) is 0. The third-order valence-electron chi connectivity index (χ3n) is 5.45. The highest BCUT2D eigenvalue weighted by atomic mass is 15.2. The maximum Gasteiger partial charge on any atom is 0.0334 e. The molecule has 1 saturated heterocycles. The van der Waals surface area contributed by atoms with Crippen molar-refractivity contribution >= 4 is 0 Å². The van der Waals surface area contributed by atoms with E-state index in [4.69, 9.17) is 5.73 Å². The van der Waals surface area contributed by atoms with E-state index in [0.29, 0.717) is 5.54 Å². The molecule has 2 heteroatoms. The molecule has 0 aromatic heterocycles. The van der Waals surface area contributed by atoms with Crippen LogP contribution in [0.3, 0.4) is 0 Å². The van der Waals surface area contributed by atoms with Gasteiger partial charge in [0, 0.05) is 18.6 Å². The normalized spacial score (nSPS) is 44.8. The van der Waals surface area contributed by atoms with Gasteiger partial charge in [-0.05, 0) is 43.6 Å². The molecule has 0 bridgehead atoms. The zero-order chi connectivity index (χ0) is 12.5. The third-order valence-corrected chi connectivity index (χ3v) is 5.45. The van der Waals surface area contributed by atoms with Crippen LogP contribution in [0.25, 0.3) is 0 Å². The van der Waals surface area contributed by atoms with Gasteiger partial charge in [-0.1, -0.05) is 33.6 Å². The number of nitrogens with two attached hydrogens (primary N) is 1. The van der Waals surface area contributed by atoms with E-state index in [1.165, 1.54) is 45.2 Å². The Morgan fingerprint density at radius 1 is 1.18 bits per heavy atom. The minimum absolute atomic E-state index is 0.339. The van der Waals surface area contributed by atoms with Gasteiger partial charge in [-0.3, -0.25) is 4.90 Å². The molecule has 2 aliphatic rings. The van der Waals surface area contributed by atoms with Crippen molar-refractivity contribution in [2.24, 2.45) is 23.5 Å². The highest BCUT2D eigenvalue weighted by molar-refractivity contribution is 4.97. The smallest absolute Gasteiger partial charge is 0.0334 e. The first-order chi connectivity index (χ1) is 8.07. The standard InChI is InChI=1S/C15H30N2/c1-12-5-4-7-15(9-12,11-16)17-8-6-13(2)14(3)10-17/h12-14H,4-11,16H2,1-3H3. The third kappa shape index (κ3) is 2.68. The molecule has 0 aromatic rings. The molecule has 2 rings (SSSR count). The summed E-state index contributed by atoms with van der Waals surface area (Å²) in [5.41, 5.74) is 6.51. The first-order valence-corrected chi connectivity index (χ1v) is 7.52. The van der Waals surface area contributed by atoms with Crippen LogP contribution < -0.4 is 5.73 Å². The van der Waals surface area contributed by atoms with E-state index in [9.17, 15) is 0 Å². The second-order valence-electron chi connectivity index (χ2n) is 6.82. The molecule has 1 aliphatic heterocycles. The SMILES string of the molecule is CC1CCCC(CN)(N2CCC(C)C(C)C2)C1. The van der Waals surface area contributed by atoms with Crippen molar-refractivity contribution in [1.82, 2.24) is 4.90 Å². The average molecular weight is 238 g/mol. The van der Waals surface area contributed by atoms with Gasteiger partial charge in [0.2, 0.25) is 0 Å². The summed E-state index contributed by atoms with van der Waals surface area (Å²) >= 11 is 0. The van der Waals surface area contributed by atoms with Gasteiger partial charge in [0.25, 0.3) is 0 Å². The molecule has 2 fully saturated rings. The Bertz CT molecular complexity index is 253. The number of hydrogen-bond acceptors (Lipinski definition) is 2. The van der Waals surface area contributed by atoms with Crippen LogP contribution in [0.15, 0.2) is 0 Å². The van der Waals surface area contributed by atoms with Crippen molar-refractivity contribution in [2.75, 3.05) is 19.6 Å². The Morgan fingerprint density at radius 3 is 2.53 bits per heavy atom. The Morgan fingerprint density at radius 2 is 1.94 bits per heavy atom. The molecule has 1 saturated carbocycles. The minimum atomic E-state index is 0.339. The summed E-state index contributed by atoms with van der Waals surface area (Å²) in [6.45, 7) is 10.6. The van der Waals surface area contributed by atoms with Crippen LogP contribution in [-0.4, -0.2) is 30.1 Å². The summed E-state index contributed by atoms with van der Waals surface area (Å²) in [4.78, 5) is 2.74. The number of nitrogens with zero attached hydrogens (tertiary/aromatic N) is 1. The van der Waals surface area contributed by atoms with Gasteiger partial charge in [0.05, 0.1) is 0 Å². The molecule has 4 atom stereocenters. The summed E-state index contributed by atoms with van der Waals surface area (Å²) < 4.78 is 0. The van der Waals surface area contributed by atoms with Crippen molar-refractivity contribution < 1.29 is 0 Å². The van der Waals surface area contributed by atoms with E-state index < -0.39 is 0 Å². The fourth-order valence-corrected chi connectivity index (χ4v) is 3.93. The quantitative estimate of drug-likeness (QED) is 0.801. The molecule has 0 radical (unpaired) electrons. The lowest BCUT2D eigenvalue weighted by Gasteiger charge is -2.51. The predicted molar refractivity (Wildman–Crippen MR) is 73.9 cm³/mol. The number of hydrogen-bond donors (Lipinski definition) is 1. The van der Waals surface area contributed by atoms with Crippen LogP contribution in [0.4, 0.5) is 0 Å². The maximum absolute atomic E-state index is 6.17. The van der Waals surface area contributed by atoms with Gasteiger partial charge in [0.1, 0.15) is 0 Å². The summed E-state index contributed by atoms with van der Waals surface area (Å²) in [7, 11) is 0. The lowest BCUT2D eigenvalue weighted by Crippen LogP contribution is -2.59. The molecule has 4 unspecified atom stereocenters. The minimum Gasteiger partial charge on any atom is -0.329 e. The molecule has 1 aliphatic carbocycles. The second-order valence-corrected chi connectivity index (χ2v) is 6.82. The molecular formula is C15H30N2. The zero-order valence-electron chi connectivity index (χ0n) is 11.9. The van der Waals surface area contributed by atoms with Crippen LogP contribution in [0, 0.1) is 17.8 Å². The Kier molecular flexibility index (Phi) is 4.14. The van der Waals surface area contributed by atoms with Gasteiger partial charge < -0.3 is 5.73 Å². The van der Waals surface area contributed by atoms with Crippen LogP contribution in [-0.2, 0) is 0 Å². The highest BCUT2D eigenvalue weighted by Gasteiger charge is 2.41. The molecule has 0 aromatic carbocycles. The number of likely N-dealkylation sites (tertiary alicyclic amines) is 1. The van der Waals surface area contributed by atoms with Crippen LogP contribution in [0.1, 0.15) is 52.9 Å². The molecule has 2 nitrogen and oxygen atoms in total. The van der Waals surface area contributed by atoms with Crippen molar-refractivity contribution in [3.63, 3.8) is 0 Å². The first-order valence-electron chi connectivity index (χ1n) is 7.52. The molecule has 0 spiro atoms. The van der Waals surface area contributed by atoms with Gasteiger partial charge in [-0.2, -0.15) is 0 Å². The highest BCUT2D eigenvalue weighted by Crippen LogP contribution is 2.39. The predicted octanol–water partition coefficient (Wildman–Crippen LogP) is 2.87. The fourth-order valence-electron chi connectivity index (χ4n) is 3.93. The van der Waals surface area contributed by atoms with Crippen molar-refractivity contribution in [1.29, 1.82) is 0 Å². The van der Waals surface area contributed by atoms with Gasteiger partial charge in [-0.15, -0.1) is 0 Å². The second kappa shape index (κ2) is 5.27. The molecule has 17 heavy (non-hydrogen) atoms. The van der Waals surface area contributed by atoms with E-state index in [1.54, 1.807) is 0 Å². The molecule has 100 valence electrons. The summed E-state index contributed by atoms with van der Waals surface area (Å²) in [6.07, 6.45) is 6.79. The van der Waals surface area contributed by atoms with E-state index in [2.05, 4.69) is 25.7 Å². The fraction of sp³-hybridized carbons (Fsp3) is 1.00. The monoisotopic (exact) mass is 238 g/mol. The molecule has 1 heterocycles. The number of piperidine rings is 1. The molecule has 0 amide bonds. The lowest BCUT2D eigenvalue weighted by molar-refractivity contribution is -0.00456. The molecule has 2 N–H and O–H groups in total. The Hall–Kier alpha value is -0.0800. The zero-order valence-corrected chi connectivity index (χ0v) is 11.9. The van der Waals surface area contributed by atoms with Gasteiger partial charge in [0.15, 0.2) is 0 Å². The topological polar surface area (TPSA) is 29.3 Å². The average Bonchev–Trinajstić information content (AvgIpc) is 2.32. The Labute approximate surface area is 107 Å². The first kappa shape index (κ1) is 13.4. The maximum atomic E-state index is 6.17. The van der Waals surface area contributed by atoms with E-state index in [1.807, 2.05) is 0 Å². The van der Waals surface area contributed by atoms with Crippen molar-refractivity contribution in [3.05, 3.63) is 0 Å². The molecular weight excluding hydrogens is 208 g/mol. The number of rotatable bonds is 2. The van der Waals surface area contributed by atoms with Crippen LogP contribution in [0.5, 0.6) is 0 Å². The van der Waals surface area contributed by atoms with Crippen LogP contribution >= 0.6 is 0 Å². The van der Waals surface area contributed by atoms with Crippen molar-refractivity contribution in [3.8, 4) is 0 Å². The Balaban J connectivity index is 2.07. The van der Waals surface area contributed by atoms with E-state index in [-0.39, 0.29) is 0 Å². The van der Waals surface area contributed by atoms with E-state index in [0.717, 1.165) is 24.3 Å². The summed E-state index contributed by atoms with van der Waals surface area (Å²) in [5.74, 6) is 2.59. The van der Waals surface area contributed by atoms with Gasteiger partial charge >= 0.3 is 0 Å². The van der Waals surface area contributed by atoms with E-state index >= 15 is 0 Å². The summed E-state index contributed by atoms with van der Waals surface area (Å²) in [6, 6.07) is 0. The van der Waals surface area contributed by atoms with Crippen molar-refractivity contribution in [2.45, 2.75) is 58.4 Å². The van der Waals surface area contributed by atoms with Gasteiger partial charge in [-0.25, -0.2) is 0 Å². The van der Waals surface area contributed by atoms with Crippen LogP contribution in [0.2, 0.25) is 0 Å². The lowest BCUT2D eigenvalue weighted by atomic mass is 9.73. The largest absolute Gasteiger partial charge is 0.329 e.